The molecule has 0 bridgehead atoms. The zero-order chi connectivity index (χ0) is 16.1. The van der Waals surface area contributed by atoms with Crippen LogP contribution in [0.5, 0.6) is 0 Å². The van der Waals surface area contributed by atoms with Crippen LogP contribution in [-0.4, -0.2) is 38.1 Å². The highest BCUT2D eigenvalue weighted by Crippen LogP contribution is 2.26. The van der Waals surface area contributed by atoms with E-state index in [1.165, 1.54) is 12.8 Å². The van der Waals surface area contributed by atoms with E-state index in [0.717, 1.165) is 37.0 Å². The van der Waals surface area contributed by atoms with Gasteiger partial charge in [-0.05, 0) is 25.0 Å². The van der Waals surface area contributed by atoms with E-state index in [1.807, 2.05) is 12.1 Å². The Morgan fingerprint density at radius 1 is 1.30 bits per heavy atom. The van der Waals surface area contributed by atoms with E-state index in [0.29, 0.717) is 25.0 Å². The van der Waals surface area contributed by atoms with Crippen molar-refractivity contribution in [2.24, 2.45) is 0 Å². The molecule has 6 nitrogen and oxygen atoms in total. The number of aromatic amines is 1. The molecule has 3 rings (SSSR count). The molecule has 0 aromatic carbocycles. The van der Waals surface area contributed by atoms with Gasteiger partial charge in [0.1, 0.15) is 5.82 Å². The maximum Gasteiger partial charge on any atom is 0.220 e. The molecule has 0 radical (unpaired) electrons. The summed E-state index contributed by atoms with van der Waals surface area (Å²) in [6.07, 6.45) is 8.60. The van der Waals surface area contributed by atoms with E-state index in [4.69, 9.17) is 0 Å². The number of hydrogen-bond acceptors (Lipinski definition) is 4. The highest BCUT2D eigenvalue weighted by Gasteiger charge is 2.28. The molecule has 3 N–H and O–H groups in total. The van der Waals surface area contributed by atoms with E-state index in [1.54, 1.807) is 6.20 Å². The fourth-order valence-electron chi connectivity index (χ4n) is 3.16. The number of carbonyl (C=O) groups excluding carboxylic acids is 1. The van der Waals surface area contributed by atoms with Crippen LogP contribution in [0, 0.1) is 0 Å². The fraction of sp³-hybridized carbons (Fsp3) is 0.588. The Morgan fingerprint density at radius 2 is 2.09 bits per heavy atom. The van der Waals surface area contributed by atoms with Crippen LogP contribution >= 0.6 is 0 Å². The number of H-pyrrole nitrogens is 1. The third kappa shape index (κ3) is 4.28. The number of carbonyl (C=O) groups is 1. The third-order valence-electron chi connectivity index (χ3n) is 4.54. The molecule has 1 aliphatic carbocycles. The minimum absolute atomic E-state index is 0.0453. The van der Waals surface area contributed by atoms with Gasteiger partial charge < -0.3 is 15.4 Å². The highest BCUT2D eigenvalue weighted by atomic mass is 16.3. The molecular weight excluding hydrogens is 292 g/mol. The number of aliphatic hydroxyl groups is 1. The lowest BCUT2D eigenvalue weighted by atomic mass is 9.94. The molecule has 2 heterocycles. The van der Waals surface area contributed by atoms with Crippen molar-refractivity contribution in [1.29, 1.82) is 0 Å². The van der Waals surface area contributed by atoms with Crippen LogP contribution in [0.1, 0.15) is 50.8 Å². The summed E-state index contributed by atoms with van der Waals surface area (Å²) in [7, 11) is 0. The molecule has 1 amide bonds. The molecule has 0 spiro atoms. The average molecular weight is 316 g/mol. The summed E-state index contributed by atoms with van der Waals surface area (Å²) >= 11 is 0. The third-order valence-corrected chi connectivity index (χ3v) is 4.54. The first-order chi connectivity index (χ1) is 11.1. The number of nitrogens with zero attached hydrogens (tertiary/aromatic N) is 2. The van der Waals surface area contributed by atoms with Crippen LogP contribution < -0.4 is 5.32 Å². The number of imidazole rings is 1. The second-order valence-corrected chi connectivity index (χ2v) is 6.47. The van der Waals surface area contributed by atoms with E-state index >= 15 is 0 Å². The molecule has 124 valence electrons. The first-order valence-corrected chi connectivity index (χ1v) is 8.43. The summed E-state index contributed by atoms with van der Waals surface area (Å²) in [4.78, 5) is 23.7. The minimum Gasteiger partial charge on any atom is -0.388 e. The van der Waals surface area contributed by atoms with Gasteiger partial charge in [-0.2, -0.15) is 0 Å². The van der Waals surface area contributed by atoms with Crippen LogP contribution in [0.25, 0.3) is 11.2 Å². The normalized spacial score (nSPS) is 17.8. The Kier molecular flexibility index (Phi) is 4.91. The second kappa shape index (κ2) is 7.08. The second-order valence-electron chi connectivity index (χ2n) is 6.47. The highest BCUT2D eigenvalue weighted by molar-refractivity contribution is 5.76. The van der Waals surface area contributed by atoms with Gasteiger partial charge in [-0.1, -0.05) is 25.7 Å². The van der Waals surface area contributed by atoms with Crippen LogP contribution in [0.2, 0.25) is 0 Å². The molecule has 1 saturated carbocycles. The molecule has 0 atom stereocenters. The van der Waals surface area contributed by atoms with Crippen molar-refractivity contribution in [3.05, 3.63) is 24.2 Å². The van der Waals surface area contributed by atoms with Gasteiger partial charge in [0.25, 0.3) is 0 Å². The lowest BCUT2D eigenvalue weighted by Crippen LogP contribution is -2.42. The van der Waals surface area contributed by atoms with Gasteiger partial charge in [0.2, 0.25) is 5.91 Å². The number of aryl methyl sites for hydroxylation is 1. The fourth-order valence-corrected chi connectivity index (χ4v) is 3.16. The van der Waals surface area contributed by atoms with Gasteiger partial charge in [-0.25, -0.2) is 9.97 Å². The smallest absolute Gasteiger partial charge is 0.220 e. The Morgan fingerprint density at radius 3 is 2.83 bits per heavy atom. The molecule has 0 saturated heterocycles. The van der Waals surface area contributed by atoms with Crippen molar-refractivity contribution in [2.45, 2.75) is 57.0 Å². The zero-order valence-electron chi connectivity index (χ0n) is 13.3. The number of aromatic nitrogens is 3. The van der Waals surface area contributed by atoms with Crippen molar-refractivity contribution in [1.82, 2.24) is 20.3 Å². The average Bonchev–Trinajstić information content (AvgIpc) is 2.85. The Balaban J connectivity index is 1.47. The van der Waals surface area contributed by atoms with E-state index in [-0.39, 0.29) is 5.91 Å². The molecule has 6 heteroatoms. The van der Waals surface area contributed by atoms with Crippen molar-refractivity contribution >= 4 is 17.1 Å². The molecule has 23 heavy (non-hydrogen) atoms. The van der Waals surface area contributed by atoms with Gasteiger partial charge in [-0.15, -0.1) is 0 Å². The number of amides is 1. The SMILES string of the molecule is O=C(CCc1nc2ncccc2[nH]1)NCC1(O)CCCCCC1. The van der Waals surface area contributed by atoms with Gasteiger partial charge in [0.05, 0.1) is 11.1 Å². The molecule has 1 fully saturated rings. The monoisotopic (exact) mass is 316 g/mol. The topological polar surface area (TPSA) is 90.9 Å². The number of rotatable bonds is 5. The van der Waals surface area contributed by atoms with E-state index < -0.39 is 5.60 Å². The standard InChI is InChI=1S/C17H24N4O2/c22-15(19-12-17(23)9-3-1-2-4-10-17)8-7-14-20-13-6-5-11-18-16(13)21-14/h5-6,11,23H,1-4,7-10,12H2,(H,19,22)(H,18,20,21). The lowest BCUT2D eigenvalue weighted by Gasteiger charge is -2.26. The number of nitrogens with one attached hydrogen (secondary N) is 2. The van der Waals surface area contributed by atoms with Crippen LogP contribution in [0.3, 0.4) is 0 Å². The molecule has 1 aliphatic rings. The molecule has 0 aliphatic heterocycles. The van der Waals surface area contributed by atoms with Crippen LogP contribution in [0.15, 0.2) is 18.3 Å². The first-order valence-electron chi connectivity index (χ1n) is 8.43. The maximum absolute atomic E-state index is 12.0. The molecule has 2 aromatic rings. The Bertz CT molecular complexity index is 626. The van der Waals surface area contributed by atoms with E-state index in [2.05, 4.69) is 20.3 Å². The van der Waals surface area contributed by atoms with Crippen molar-refractivity contribution < 1.29 is 9.90 Å². The quantitative estimate of drug-likeness (QED) is 0.737. The maximum atomic E-state index is 12.0. The number of fused-ring (bicyclic) bond motifs is 1. The van der Waals surface area contributed by atoms with Gasteiger partial charge >= 0.3 is 0 Å². The molecule has 2 aromatic heterocycles. The minimum atomic E-state index is -0.727. The number of hydrogen-bond donors (Lipinski definition) is 3. The Labute approximate surface area is 135 Å². The zero-order valence-corrected chi connectivity index (χ0v) is 13.3. The van der Waals surface area contributed by atoms with Crippen molar-refractivity contribution in [3.8, 4) is 0 Å². The molecule has 0 unspecified atom stereocenters. The predicted octanol–water partition coefficient (Wildman–Crippen LogP) is 2.09. The van der Waals surface area contributed by atoms with Crippen LogP contribution in [0.4, 0.5) is 0 Å². The van der Waals surface area contributed by atoms with Crippen LogP contribution in [-0.2, 0) is 11.2 Å². The summed E-state index contributed by atoms with van der Waals surface area (Å²) < 4.78 is 0. The lowest BCUT2D eigenvalue weighted by molar-refractivity contribution is -0.122. The predicted molar refractivity (Wildman–Crippen MR) is 87.9 cm³/mol. The summed E-state index contributed by atoms with van der Waals surface area (Å²) in [5, 5.41) is 13.4. The van der Waals surface area contributed by atoms with E-state index in [9.17, 15) is 9.90 Å². The van der Waals surface area contributed by atoms with Gasteiger partial charge in [0, 0.05) is 25.6 Å². The number of pyridine rings is 1. The summed E-state index contributed by atoms with van der Waals surface area (Å²) in [6, 6.07) is 3.77. The first kappa shape index (κ1) is 15.9. The Hall–Kier alpha value is -1.95. The van der Waals surface area contributed by atoms with Crippen molar-refractivity contribution in [3.63, 3.8) is 0 Å². The summed E-state index contributed by atoms with van der Waals surface area (Å²) in [5.41, 5.74) is 0.835. The molecular formula is C17H24N4O2. The summed E-state index contributed by atoms with van der Waals surface area (Å²) in [6.45, 7) is 0.355. The van der Waals surface area contributed by atoms with Crippen molar-refractivity contribution in [2.75, 3.05) is 6.54 Å². The van der Waals surface area contributed by atoms with Gasteiger partial charge in [-0.3, -0.25) is 4.79 Å². The van der Waals surface area contributed by atoms with Gasteiger partial charge in [0.15, 0.2) is 5.65 Å². The summed E-state index contributed by atoms with van der Waals surface area (Å²) in [5.74, 6) is 0.720. The largest absolute Gasteiger partial charge is 0.388 e.